The highest BCUT2D eigenvalue weighted by molar-refractivity contribution is 6.31. The standard InChI is InChI=1S/C11H15ClFNO/c1-2-14-8-9-10(12)4-3-5-11(9)15-7-6-13/h3-5,14H,2,6-8H2,1H3. The summed E-state index contributed by atoms with van der Waals surface area (Å²) in [6.45, 7) is 3.08. The summed E-state index contributed by atoms with van der Waals surface area (Å²) in [7, 11) is 0. The average Bonchev–Trinajstić information content (AvgIpc) is 2.25. The maximum absolute atomic E-state index is 12.0. The van der Waals surface area contributed by atoms with Crippen molar-refractivity contribution in [2.75, 3.05) is 19.8 Å². The molecule has 4 heteroatoms. The van der Waals surface area contributed by atoms with Crippen LogP contribution in [-0.4, -0.2) is 19.8 Å². The molecule has 0 bridgehead atoms. The van der Waals surface area contributed by atoms with Crippen molar-refractivity contribution in [3.8, 4) is 5.75 Å². The van der Waals surface area contributed by atoms with Gasteiger partial charge in [0.1, 0.15) is 19.0 Å². The summed E-state index contributed by atoms with van der Waals surface area (Å²) in [6.07, 6.45) is 0. The van der Waals surface area contributed by atoms with Crippen molar-refractivity contribution < 1.29 is 9.13 Å². The Morgan fingerprint density at radius 1 is 1.47 bits per heavy atom. The third-order valence-corrected chi connectivity index (χ3v) is 2.32. The van der Waals surface area contributed by atoms with Gasteiger partial charge in [0.25, 0.3) is 0 Å². The van der Waals surface area contributed by atoms with Crippen LogP contribution < -0.4 is 10.1 Å². The van der Waals surface area contributed by atoms with E-state index in [0.29, 0.717) is 17.3 Å². The molecule has 0 aromatic heterocycles. The van der Waals surface area contributed by atoms with Gasteiger partial charge in [0.2, 0.25) is 0 Å². The number of ether oxygens (including phenoxy) is 1. The first kappa shape index (κ1) is 12.3. The highest BCUT2D eigenvalue weighted by atomic mass is 35.5. The van der Waals surface area contributed by atoms with Crippen LogP contribution in [0.2, 0.25) is 5.02 Å². The minimum Gasteiger partial charge on any atom is -0.490 e. The van der Waals surface area contributed by atoms with Gasteiger partial charge in [0.15, 0.2) is 0 Å². The van der Waals surface area contributed by atoms with Crippen LogP contribution in [0.3, 0.4) is 0 Å². The van der Waals surface area contributed by atoms with Crippen LogP contribution in [0.5, 0.6) is 5.75 Å². The molecule has 1 aromatic rings. The van der Waals surface area contributed by atoms with E-state index in [9.17, 15) is 4.39 Å². The van der Waals surface area contributed by atoms with E-state index in [0.717, 1.165) is 12.1 Å². The summed E-state index contributed by atoms with van der Waals surface area (Å²) >= 11 is 6.03. The van der Waals surface area contributed by atoms with E-state index in [4.69, 9.17) is 16.3 Å². The monoisotopic (exact) mass is 231 g/mol. The van der Waals surface area contributed by atoms with Gasteiger partial charge < -0.3 is 10.1 Å². The molecular weight excluding hydrogens is 217 g/mol. The van der Waals surface area contributed by atoms with Gasteiger partial charge in [-0.3, -0.25) is 0 Å². The van der Waals surface area contributed by atoms with Gasteiger partial charge in [-0.05, 0) is 18.7 Å². The van der Waals surface area contributed by atoms with Gasteiger partial charge in [-0.15, -0.1) is 0 Å². The second kappa shape index (κ2) is 6.64. The number of hydrogen-bond acceptors (Lipinski definition) is 2. The third kappa shape index (κ3) is 3.68. The predicted molar refractivity (Wildman–Crippen MR) is 60.3 cm³/mol. The Labute approximate surface area is 94.4 Å². The fourth-order valence-corrected chi connectivity index (χ4v) is 1.48. The van der Waals surface area contributed by atoms with Crippen molar-refractivity contribution in [1.29, 1.82) is 0 Å². The molecule has 1 N–H and O–H groups in total. The van der Waals surface area contributed by atoms with E-state index in [2.05, 4.69) is 5.32 Å². The second-order valence-corrected chi connectivity index (χ2v) is 3.44. The molecule has 15 heavy (non-hydrogen) atoms. The Morgan fingerprint density at radius 3 is 2.93 bits per heavy atom. The number of rotatable bonds is 6. The predicted octanol–water partition coefficient (Wildman–Crippen LogP) is 2.80. The van der Waals surface area contributed by atoms with Crippen LogP contribution in [0.1, 0.15) is 12.5 Å². The number of hydrogen-bond donors (Lipinski definition) is 1. The molecular formula is C11H15ClFNO. The Morgan fingerprint density at radius 2 is 2.27 bits per heavy atom. The van der Waals surface area contributed by atoms with Crippen molar-refractivity contribution >= 4 is 11.6 Å². The SMILES string of the molecule is CCNCc1c(Cl)cccc1OCCF. The van der Waals surface area contributed by atoms with Crippen molar-refractivity contribution in [3.63, 3.8) is 0 Å². The Balaban J connectivity index is 2.77. The van der Waals surface area contributed by atoms with E-state index in [1.54, 1.807) is 18.2 Å². The van der Waals surface area contributed by atoms with Gasteiger partial charge in [0.05, 0.1) is 0 Å². The highest BCUT2D eigenvalue weighted by Crippen LogP contribution is 2.26. The molecule has 0 unspecified atom stereocenters. The fourth-order valence-electron chi connectivity index (χ4n) is 1.24. The smallest absolute Gasteiger partial charge is 0.125 e. The number of alkyl halides is 1. The van der Waals surface area contributed by atoms with Gasteiger partial charge in [-0.25, -0.2) is 4.39 Å². The maximum Gasteiger partial charge on any atom is 0.125 e. The third-order valence-electron chi connectivity index (χ3n) is 1.96. The molecule has 1 aromatic carbocycles. The lowest BCUT2D eigenvalue weighted by atomic mass is 10.2. The molecule has 0 heterocycles. The minimum absolute atomic E-state index is 0.0689. The molecule has 84 valence electrons. The zero-order valence-electron chi connectivity index (χ0n) is 8.72. The quantitative estimate of drug-likeness (QED) is 0.813. The second-order valence-electron chi connectivity index (χ2n) is 3.03. The van der Waals surface area contributed by atoms with E-state index in [1.165, 1.54) is 0 Å². The largest absolute Gasteiger partial charge is 0.490 e. The zero-order valence-corrected chi connectivity index (χ0v) is 9.48. The molecule has 0 aliphatic rings. The van der Waals surface area contributed by atoms with E-state index >= 15 is 0 Å². The average molecular weight is 232 g/mol. The van der Waals surface area contributed by atoms with E-state index < -0.39 is 6.67 Å². The summed E-state index contributed by atoms with van der Waals surface area (Å²) in [5, 5.41) is 3.81. The Bertz CT molecular complexity index is 307. The van der Waals surface area contributed by atoms with Gasteiger partial charge in [-0.2, -0.15) is 0 Å². The van der Waals surface area contributed by atoms with Gasteiger partial charge >= 0.3 is 0 Å². The zero-order chi connectivity index (χ0) is 11.1. The van der Waals surface area contributed by atoms with Crippen LogP contribution in [0, 0.1) is 0 Å². The van der Waals surface area contributed by atoms with Crippen molar-refractivity contribution in [1.82, 2.24) is 5.32 Å². The lowest BCUT2D eigenvalue weighted by molar-refractivity contribution is 0.270. The summed E-state index contributed by atoms with van der Waals surface area (Å²) in [4.78, 5) is 0. The van der Waals surface area contributed by atoms with Crippen LogP contribution in [0.15, 0.2) is 18.2 Å². The number of benzene rings is 1. The van der Waals surface area contributed by atoms with Gasteiger partial charge in [0, 0.05) is 17.1 Å². The molecule has 0 spiro atoms. The van der Waals surface area contributed by atoms with Crippen molar-refractivity contribution in [2.45, 2.75) is 13.5 Å². The molecule has 0 saturated heterocycles. The molecule has 0 aliphatic carbocycles. The Hall–Kier alpha value is -0.800. The van der Waals surface area contributed by atoms with Crippen molar-refractivity contribution in [3.05, 3.63) is 28.8 Å². The molecule has 0 amide bonds. The van der Waals surface area contributed by atoms with Crippen LogP contribution >= 0.6 is 11.6 Å². The van der Waals surface area contributed by atoms with Gasteiger partial charge in [-0.1, -0.05) is 24.6 Å². The molecule has 0 radical (unpaired) electrons. The minimum atomic E-state index is -0.493. The number of nitrogens with one attached hydrogen (secondary N) is 1. The number of halogens is 2. The van der Waals surface area contributed by atoms with Crippen molar-refractivity contribution in [2.24, 2.45) is 0 Å². The van der Waals surface area contributed by atoms with Crippen LogP contribution in [0.4, 0.5) is 4.39 Å². The first-order valence-corrected chi connectivity index (χ1v) is 5.34. The normalized spacial score (nSPS) is 10.3. The van der Waals surface area contributed by atoms with Crippen LogP contribution in [-0.2, 0) is 6.54 Å². The molecule has 0 fully saturated rings. The highest BCUT2D eigenvalue weighted by Gasteiger charge is 2.07. The molecule has 2 nitrogen and oxygen atoms in total. The molecule has 0 aliphatic heterocycles. The summed E-state index contributed by atoms with van der Waals surface area (Å²) in [5.74, 6) is 0.654. The topological polar surface area (TPSA) is 21.3 Å². The lowest BCUT2D eigenvalue weighted by Gasteiger charge is -2.12. The first-order chi connectivity index (χ1) is 7.29. The van der Waals surface area contributed by atoms with E-state index in [-0.39, 0.29) is 6.61 Å². The lowest BCUT2D eigenvalue weighted by Crippen LogP contribution is -2.13. The maximum atomic E-state index is 12.0. The first-order valence-electron chi connectivity index (χ1n) is 4.96. The van der Waals surface area contributed by atoms with E-state index in [1.807, 2.05) is 6.92 Å². The summed E-state index contributed by atoms with van der Waals surface area (Å²) in [6, 6.07) is 5.40. The molecule has 1 rings (SSSR count). The summed E-state index contributed by atoms with van der Waals surface area (Å²) in [5.41, 5.74) is 0.884. The summed E-state index contributed by atoms with van der Waals surface area (Å²) < 4.78 is 17.3. The molecule has 0 saturated carbocycles. The Kier molecular flexibility index (Phi) is 5.43. The fraction of sp³-hybridized carbons (Fsp3) is 0.455. The molecule has 0 atom stereocenters. The van der Waals surface area contributed by atoms with Crippen LogP contribution in [0.25, 0.3) is 0 Å².